The smallest absolute Gasteiger partial charge is 0.211 e. The van der Waals surface area contributed by atoms with E-state index in [0.717, 1.165) is 19.5 Å². The van der Waals surface area contributed by atoms with Gasteiger partial charge in [0, 0.05) is 38.1 Å². The molecule has 6 heteroatoms. The fourth-order valence-corrected chi connectivity index (χ4v) is 4.48. The van der Waals surface area contributed by atoms with Gasteiger partial charge in [0.25, 0.3) is 0 Å². The number of rotatable bonds is 3. The van der Waals surface area contributed by atoms with E-state index < -0.39 is 10.0 Å². The molecular weight excluding hydrogens is 286 g/mol. The van der Waals surface area contributed by atoms with Crippen LogP contribution in [-0.2, 0) is 16.6 Å². The molecule has 2 aliphatic rings. The average Bonchev–Trinajstić information content (AvgIpc) is 2.80. The summed E-state index contributed by atoms with van der Waals surface area (Å²) in [5.74, 6) is 0.471. The van der Waals surface area contributed by atoms with Gasteiger partial charge in [0.05, 0.1) is 6.26 Å². The monoisotopic (exact) mass is 309 g/mol. The van der Waals surface area contributed by atoms with E-state index in [9.17, 15) is 8.42 Å². The number of fused-ring (bicyclic) bond motifs is 1. The summed E-state index contributed by atoms with van der Waals surface area (Å²) in [6.45, 7) is 3.25. The van der Waals surface area contributed by atoms with Gasteiger partial charge in [0.1, 0.15) is 0 Å². The summed E-state index contributed by atoms with van der Waals surface area (Å²) in [6, 6.07) is 4.40. The minimum absolute atomic E-state index is 0.349. The molecule has 0 saturated carbocycles. The Balaban J connectivity index is 1.77. The maximum absolute atomic E-state index is 11.8. The Morgan fingerprint density at radius 2 is 2.19 bits per heavy atom. The lowest BCUT2D eigenvalue weighted by Gasteiger charge is -2.30. The first kappa shape index (κ1) is 14.9. The first-order valence-electron chi connectivity index (χ1n) is 7.62. The molecule has 21 heavy (non-hydrogen) atoms. The second-order valence-electron chi connectivity index (χ2n) is 6.23. The molecule has 2 fully saturated rings. The molecule has 1 aromatic heterocycles. The maximum Gasteiger partial charge on any atom is 0.211 e. The van der Waals surface area contributed by atoms with Gasteiger partial charge in [-0.2, -0.15) is 0 Å². The van der Waals surface area contributed by atoms with Gasteiger partial charge >= 0.3 is 0 Å². The molecule has 0 aromatic carbocycles. The van der Waals surface area contributed by atoms with Crippen LogP contribution in [0.4, 0.5) is 0 Å². The molecule has 0 N–H and O–H groups in total. The van der Waals surface area contributed by atoms with E-state index >= 15 is 0 Å². The third-order valence-corrected chi connectivity index (χ3v) is 5.93. The fourth-order valence-electron chi connectivity index (χ4n) is 3.59. The van der Waals surface area contributed by atoms with Gasteiger partial charge in [-0.25, -0.2) is 12.7 Å². The Hall–Kier alpha value is -0.980. The van der Waals surface area contributed by atoms with Gasteiger partial charge in [-0.05, 0) is 36.9 Å². The van der Waals surface area contributed by atoms with E-state index in [2.05, 4.69) is 16.0 Å². The highest BCUT2D eigenvalue weighted by Crippen LogP contribution is 2.31. The lowest BCUT2D eigenvalue weighted by molar-refractivity contribution is 0.176. The Labute approximate surface area is 127 Å². The van der Waals surface area contributed by atoms with Crippen LogP contribution in [0.1, 0.15) is 24.8 Å². The second-order valence-corrected chi connectivity index (χ2v) is 8.22. The number of hydrogen-bond acceptors (Lipinski definition) is 4. The molecule has 0 aliphatic carbocycles. The zero-order valence-electron chi connectivity index (χ0n) is 12.5. The van der Waals surface area contributed by atoms with Gasteiger partial charge in [0.15, 0.2) is 0 Å². The van der Waals surface area contributed by atoms with Crippen LogP contribution in [0.3, 0.4) is 0 Å². The molecule has 3 heterocycles. The predicted molar refractivity (Wildman–Crippen MR) is 82.2 cm³/mol. The van der Waals surface area contributed by atoms with E-state index in [0.29, 0.717) is 25.0 Å². The van der Waals surface area contributed by atoms with Crippen LogP contribution < -0.4 is 0 Å². The highest BCUT2D eigenvalue weighted by molar-refractivity contribution is 7.88. The van der Waals surface area contributed by atoms with Crippen molar-refractivity contribution in [1.82, 2.24) is 14.2 Å². The Morgan fingerprint density at radius 3 is 2.90 bits per heavy atom. The maximum atomic E-state index is 11.8. The van der Waals surface area contributed by atoms with Crippen LogP contribution in [0.2, 0.25) is 0 Å². The first-order chi connectivity index (χ1) is 10.0. The SMILES string of the molecule is CS(=O)(=O)N1C[C@@H]2CCCCN(Cc3cccnc3)[C@@H]2C1. The fraction of sp³-hybridized carbons (Fsp3) is 0.667. The predicted octanol–water partition coefficient (Wildman–Crippen LogP) is 1.33. The summed E-state index contributed by atoms with van der Waals surface area (Å²) >= 11 is 0. The zero-order valence-corrected chi connectivity index (χ0v) is 13.3. The Morgan fingerprint density at radius 1 is 1.33 bits per heavy atom. The summed E-state index contributed by atoms with van der Waals surface area (Å²) < 4.78 is 25.3. The summed E-state index contributed by atoms with van der Waals surface area (Å²) in [5, 5.41) is 0. The largest absolute Gasteiger partial charge is 0.294 e. The number of pyridine rings is 1. The molecule has 5 nitrogen and oxygen atoms in total. The van der Waals surface area contributed by atoms with Crippen molar-refractivity contribution in [2.24, 2.45) is 5.92 Å². The molecule has 3 rings (SSSR count). The molecule has 2 aliphatic heterocycles. The summed E-state index contributed by atoms with van der Waals surface area (Å²) in [4.78, 5) is 6.64. The van der Waals surface area contributed by atoms with Gasteiger partial charge in [0.2, 0.25) is 10.0 Å². The molecule has 2 saturated heterocycles. The zero-order chi connectivity index (χ0) is 14.9. The number of hydrogen-bond donors (Lipinski definition) is 0. The summed E-state index contributed by atoms with van der Waals surface area (Å²) in [5.41, 5.74) is 1.20. The molecular formula is C15H23N3O2S. The van der Waals surface area contributed by atoms with Crippen molar-refractivity contribution in [2.45, 2.75) is 31.8 Å². The van der Waals surface area contributed by atoms with Gasteiger partial charge < -0.3 is 0 Å². The summed E-state index contributed by atoms with van der Waals surface area (Å²) in [7, 11) is -3.07. The van der Waals surface area contributed by atoms with Crippen LogP contribution in [0.15, 0.2) is 24.5 Å². The van der Waals surface area contributed by atoms with Crippen molar-refractivity contribution in [2.75, 3.05) is 25.9 Å². The van der Waals surface area contributed by atoms with E-state index in [1.165, 1.54) is 24.7 Å². The molecule has 0 amide bonds. The molecule has 0 radical (unpaired) electrons. The standard InChI is InChI=1S/C15H23N3O2S/c1-21(19,20)18-11-14-6-2-3-8-17(15(14)12-18)10-13-5-4-7-16-9-13/h4-5,7,9,14-15H,2-3,6,8,10-12H2,1H3/t14-,15+/m0/s1. The van der Waals surface area contributed by atoms with Crippen LogP contribution in [0.5, 0.6) is 0 Å². The quantitative estimate of drug-likeness (QED) is 0.845. The van der Waals surface area contributed by atoms with E-state index in [1.54, 1.807) is 10.5 Å². The van der Waals surface area contributed by atoms with E-state index in [4.69, 9.17) is 0 Å². The number of aromatic nitrogens is 1. The summed E-state index contributed by atoms with van der Waals surface area (Å²) in [6.07, 6.45) is 8.55. The van der Waals surface area contributed by atoms with Crippen molar-refractivity contribution in [3.05, 3.63) is 30.1 Å². The highest BCUT2D eigenvalue weighted by Gasteiger charge is 2.40. The van der Waals surface area contributed by atoms with Crippen LogP contribution in [-0.4, -0.2) is 54.5 Å². The highest BCUT2D eigenvalue weighted by atomic mass is 32.2. The van der Waals surface area contributed by atoms with Crippen molar-refractivity contribution in [3.63, 3.8) is 0 Å². The lowest BCUT2D eigenvalue weighted by atomic mass is 9.98. The van der Waals surface area contributed by atoms with Crippen molar-refractivity contribution < 1.29 is 8.42 Å². The second kappa shape index (κ2) is 6.02. The molecule has 116 valence electrons. The van der Waals surface area contributed by atoms with Gasteiger partial charge in [-0.15, -0.1) is 0 Å². The number of nitrogens with zero attached hydrogens (tertiary/aromatic N) is 3. The lowest BCUT2D eigenvalue weighted by Crippen LogP contribution is -2.40. The number of likely N-dealkylation sites (tertiary alicyclic amines) is 1. The molecule has 2 atom stereocenters. The van der Waals surface area contributed by atoms with Crippen molar-refractivity contribution in [3.8, 4) is 0 Å². The number of sulfonamides is 1. The van der Waals surface area contributed by atoms with Crippen molar-refractivity contribution >= 4 is 10.0 Å². The average molecular weight is 309 g/mol. The van der Waals surface area contributed by atoms with Crippen LogP contribution in [0, 0.1) is 5.92 Å². The van der Waals surface area contributed by atoms with Crippen LogP contribution in [0.25, 0.3) is 0 Å². The third-order valence-electron chi connectivity index (χ3n) is 4.69. The molecule has 0 bridgehead atoms. The minimum Gasteiger partial charge on any atom is -0.294 e. The topological polar surface area (TPSA) is 53.5 Å². The molecule has 0 spiro atoms. The van der Waals surface area contributed by atoms with Gasteiger partial charge in [-0.1, -0.05) is 12.5 Å². The van der Waals surface area contributed by atoms with Gasteiger partial charge in [-0.3, -0.25) is 9.88 Å². The van der Waals surface area contributed by atoms with E-state index in [-0.39, 0.29) is 0 Å². The minimum atomic E-state index is -3.07. The third kappa shape index (κ3) is 3.44. The first-order valence-corrected chi connectivity index (χ1v) is 9.47. The molecule has 1 aromatic rings. The van der Waals surface area contributed by atoms with Crippen molar-refractivity contribution in [1.29, 1.82) is 0 Å². The normalized spacial score (nSPS) is 28.2. The molecule has 0 unspecified atom stereocenters. The van der Waals surface area contributed by atoms with Crippen LogP contribution >= 0.6 is 0 Å². The Kier molecular flexibility index (Phi) is 4.28. The Bertz CT molecular complexity index is 576. The van der Waals surface area contributed by atoms with E-state index in [1.807, 2.05) is 12.3 Å².